The fourth-order valence-electron chi connectivity index (χ4n) is 2.86. The van der Waals surface area contributed by atoms with Crippen LogP contribution in [0.1, 0.15) is 35.6 Å². The molecule has 0 radical (unpaired) electrons. The van der Waals surface area contributed by atoms with E-state index in [-0.39, 0.29) is 6.04 Å². The Morgan fingerprint density at radius 1 is 1.21 bits per heavy atom. The summed E-state index contributed by atoms with van der Waals surface area (Å²) in [5.74, 6) is 0.730. The molecular formula is C19H19ClN2OS. The summed E-state index contributed by atoms with van der Waals surface area (Å²) in [6.07, 6.45) is 1.86. The first kappa shape index (κ1) is 16.0. The zero-order valence-electron chi connectivity index (χ0n) is 13.2. The predicted molar refractivity (Wildman–Crippen MR) is 99.5 cm³/mol. The van der Waals surface area contributed by atoms with Gasteiger partial charge in [0.15, 0.2) is 0 Å². The Hall–Kier alpha value is -1.46. The van der Waals surface area contributed by atoms with E-state index in [4.69, 9.17) is 16.6 Å². The molecule has 1 aliphatic rings. The molecule has 0 aliphatic heterocycles. The molecule has 2 unspecified atom stereocenters. The van der Waals surface area contributed by atoms with Crippen molar-refractivity contribution < 1.29 is 5.11 Å². The van der Waals surface area contributed by atoms with Crippen molar-refractivity contribution >= 4 is 33.2 Å². The smallest absolute Gasteiger partial charge is 0.114 e. The number of aliphatic hydroxyl groups excluding tert-OH is 1. The predicted octanol–water partition coefficient (Wildman–Crippen LogP) is 4.72. The molecule has 1 aromatic heterocycles. The second kappa shape index (κ2) is 6.81. The molecule has 24 heavy (non-hydrogen) atoms. The van der Waals surface area contributed by atoms with Crippen LogP contribution in [0.25, 0.3) is 10.2 Å². The molecule has 5 heteroatoms. The molecular weight excluding hydrogens is 340 g/mol. The Labute approximate surface area is 150 Å². The minimum Gasteiger partial charge on any atom is -0.386 e. The average Bonchev–Trinajstić information content (AvgIpc) is 3.31. The van der Waals surface area contributed by atoms with Crippen LogP contribution in [0, 0.1) is 5.92 Å². The summed E-state index contributed by atoms with van der Waals surface area (Å²) in [4.78, 5) is 4.74. The zero-order chi connectivity index (χ0) is 16.5. The maximum absolute atomic E-state index is 11.0. The van der Waals surface area contributed by atoms with Gasteiger partial charge in [-0.05, 0) is 55.1 Å². The van der Waals surface area contributed by atoms with E-state index in [1.807, 2.05) is 42.5 Å². The molecule has 1 aliphatic carbocycles. The maximum Gasteiger partial charge on any atom is 0.114 e. The van der Waals surface area contributed by atoms with Crippen molar-refractivity contribution in [2.75, 3.05) is 6.54 Å². The molecule has 1 fully saturated rings. The molecule has 124 valence electrons. The van der Waals surface area contributed by atoms with Gasteiger partial charge in [-0.25, -0.2) is 4.98 Å². The van der Waals surface area contributed by atoms with Crippen molar-refractivity contribution in [1.29, 1.82) is 0 Å². The van der Waals surface area contributed by atoms with E-state index in [9.17, 15) is 5.11 Å². The number of hydrogen-bond acceptors (Lipinski definition) is 4. The van der Waals surface area contributed by atoms with E-state index in [2.05, 4.69) is 11.4 Å². The number of fused-ring (bicyclic) bond motifs is 1. The number of para-hydroxylation sites is 1. The van der Waals surface area contributed by atoms with Crippen molar-refractivity contribution in [3.63, 3.8) is 0 Å². The minimum absolute atomic E-state index is 0.221. The Balaban J connectivity index is 1.66. The fraction of sp³-hybridized carbons (Fsp3) is 0.316. The highest BCUT2D eigenvalue weighted by Gasteiger charge is 2.29. The molecule has 1 heterocycles. The first-order valence-electron chi connectivity index (χ1n) is 8.23. The standard InChI is InChI=1S/C19H19ClN2OS/c20-14-5-3-4-13(10-14)18(23)17(21-11-12-8-9-12)19-22-15-6-1-2-7-16(15)24-19/h1-7,10,12,17-18,21,23H,8-9,11H2. The minimum atomic E-state index is -0.678. The summed E-state index contributed by atoms with van der Waals surface area (Å²) < 4.78 is 1.14. The molecule has 4 rings (SSSR count). The van der Waals surface area contributed by atoms with Crippen LogP contribution in [0.3, 0.4) is 0 Å². The van der Waals surface area contributed by atoms with E-state index in [1.54, 1.807) is 11.3 Å². The summed E-state index contributed by atoms with van der Waals surface area (Å²) in [7, 11) is 0. The van der Waals surface area contributed by atoms with Gasteiger partial charge in [0.05, 0.1) is 16.3 Å². The number of hydrogen-bond donors (Lipinski definition) is 2. The first-order valence-corrected chi connectivity index (χ1v) is 9.42. The van der Waals surface area contributed by atoms with Gasteiger partial charge in [-0.2, -0.15) is 0 Å². The van der Waals surface area contributed by atoms with Gasteiger partial charge in [0.25, 0.3) is 0 Å². The van der Waals surface area contributed by atoms with Crippen LogP contribution >= 0.6 is 22.9 Å². The van der Waals surface area contributed by atoms with Crippen LogP contribution in [-0.4, -0.2) is 16.6 Å². The summed E-state index contributed by atoms with van der Waals surface area (Å²) in [6, 6.07) is 15.3. The lowest BCUT2D eigenvalue weighted by atomic mass is 10.0. The quantitative estimate of drug-likeness (QED) is 0.670. The summed E-state index contributed by atoms with van der Waals surface area (Å²) in [5.41, 5.74) is 1.80. The van der Waals surface area contributed by atoms with Gasteiger partial charge in [0.1, 0.15) is 11.1 Å². The van der Waals surface area contributed by atoms with Crippen LogP contribution in [0.4, 0.5) is 0 Å². The van der Waals surface area contributed by atoms with E-state index >= 15 is 0 Å². The molecule has 0 amide bonds. The third-order valence-electron chi connectivity index (χ3n) is 4.41. The number of nitrogens with one attached hydrogen (secondary N) is 1. The van der Waals surface area contributed by atoms with E-state index < -0.39 is 6.10 Å². The average molecular weight is 359 g/mol. The Bertz CT molecular complexity index is 813. The maximum atomic E-state index is 11.0. The highest BCUT2D eigenvalue weighted by molar-refractivity contribution is 7.18. The van der Waals surface area contributed by atoms with Gasteiger partial charge in [0, 0.05) is 5.02 Å². The topological polar surface area (TPSA) is 45.1 Å². The molecule has 0 bridgehead atoms. The number of rotatable bonds is 6. The molecule has 0 spiro atoms. The number of aromatic nitrogens is 1. The van der Waals surface area contributed by atoms with Gasteiger partial charge in [-0.3, -0.25) is 0 Å². The van der Waals surface area contributed by atoms with Crippen molar-refractivity contribution in [3.05, 3.63) is 64.1 Å². The monoisotopic (exact) mass is 358 g/mol. The molecule has 2 aromatic carbocycles. The summed E-state index contributed by atoms with van der Waals surface area (Å²) in [5, 5.41) is 16.1. The lowest BCUT2D eigenvalue weighted by molar-refractivity contribution is 0.128. The summed E-state index contributed by atoms with van der Waals surface area (Å²) >= 11 is 7.73. The zero-order valence-corrected chi connectivity index (χ0v) is 14.7. The second-order valence-corrected chi connectivity index (χ2v) is 7.85. The van der Waals surface area contributed by atoms with Gasteiger partial charge in [-0.1, -0.05) is 35.9 Å². The molecule has 1 saturated carbocycles. The number of halogens is 1. The van der Waals surface area contributed by atoms with Crippen molar-refractivity contribution in [2.45, 2.75) is 25.0 Å². The van der Waals surface area contributed by atoms with Crippen molar-refractivity contribution in [1.82, 2.24) is 10.3 Å². The number of aliphatic hydroxyl groups is 1. The molecule has 3 aromatic rings. The van der Waals surface area contributed by atoms with E-state index in [0.29, 0.717) is 5.02 Å². The Morgan fingerprint density at radius 2 is 2.04 bits per heavy atom. The summed E-state index contributed by atoms with van der Waals surface area (Å²) in [6.45, 7) is 0.915. The highest BCUT2D eigenvalue weighted by Crippen LogP contribution is 2.36. The van der Waals surface area contributed by atoms with Crippen LogP contribution in [-0.2, 0) is 0 Å². The number of thiazole rings is 1. The molecule has 3 nitrogen and oxygen atoms in total. The lowest BCUT2D eigenvalue weighted by Gasteiger charge is -2.23. The van der Waals surface area contributed by atoms with Gasteiger partial charge >= 0.3 is 0 Å². The van der Waals surface area contributed by atoms with Crippen LogP contribution in [0.2, 0.25) is 5.02 Å². The number of nitrogens with zero attached hydrogens (tertiary/aromatic N) is 1. The largest absolute Gasteiger partial charge is 0.386 e. The second-order valence-electron chi connectivity index (χ2n) is 6.35. The lowest BCUT2D eigenvalue weighted by Crippen LogP contribution is -2.29. The van der Waals surface area contributed by atoms with Crippen LogP contribution in [0.15, 0.2) is 48.5 Å². The Kier molecular flexibility index (Phi) is 4.55. The van der Waals surface area contributed by atoms with Gasteiger partial charge in [0.2, 0.25) is 0 Å². The van der Waals surface area contributed by atoms with Crippen molar-refractivity contribution in [3.8, 4) is 0 Å². The van der Waals surface area contributed by atoms with Gasteiger partial charge in [-0.15, -0.1) is 11.3 Å². The fourth-order valence-corrected chi connectivity index (χ4v) is 4.13. The third kappa shape index (κ3) is 3.47. The highest BCUT2D eigenvalue weighted by atomic mass is 35.5. The third-order valence-corrected chi connectivity index (χ3v) is 5.76. The molecule has 0 saturated heterocycles. The number of benzene rings is 2. The van der Waals surface area contributed by atoms with E-state index in [0.717, 1.165) is 33.3 Å². The normalized spacial score (nSPS) is 17.1. The first-order chi connectivity index (χ1) is 11.7. The van der Waals surface area contributed by atoms with Crippen molar-refractivity contribution in [2.24, 2.45) is 5.92 Å². The van der Waals surface area contributed by atoms with Crippen LogP contribution < -0.4 is 5.32 Å². The molecule has 2 atom stereocenters. The van der Waals surface area contributed by atoms with Crippen LogP contribution in [0.5, 0.6) is 0 Å². The van der Waals surface area contributed by atoms with Gasteiger partial charge < -0.3 is 10.4 Å². The SMILES string of the molecule is OC(c1cccc(Cl)c1)C(NCC1CC1)c1nc2ccccc2s1. The Morgan fingerprint density at radius 3 is 2.79 bits per heavy atom. The van der Waals surface area contributed by atoms with E-state index in [1.165, 1.54) is 12.8 Å². The molecule has 2 N–H and O–H groups in total.